The number of aromatic amines is 1. The fourth-order valence-corrected chi connectivity index (χ4v) is 2.04. The van der Waals surface area contributed by atoms with E-state index >= 15 is 0 Å². The Labute approximate surface area is 108 Å². The number of rotatable bonds is 3. The molecule has 8 heteroatoms. The number of halogens is 4. The summed E-state index contributed by atoms with van der Waals surface area (Å²) in [4.78, 5) is 24.0. The van der Waals surface area contributed by atoms with Crippen molar-refractivity contribution in [3.05, 3.63) is 20.5 Å². The molecule has 4 nitrogen and oxygen atoms in total. The number of aldehydes is 1. The molecule has 0 saturated carbocycles. The fourth-order valence-electron chi connectivity index (χ4n) is 1.20. The number of hydrogen-bond donors (Lipinski definition) is 1. The third-order valence-electron chi connectivity index (χ3n) is 1.85. The second-order valence-corrected chi connectivity index (χ2v) is 4.02. The summed E-state index contributed by atoms with van der Waals surface area (Å²) < 4.78 is 42.3. The standard InChI is InChI=1S/C9H7F3INO3/c1-2-17-8(16)7-5(9(10,11)12)6(13)4(3-15)14-7/h3,14H,2H2,1H3. The summed E-state index contributed by atoms with van der Waals surface area (Å²) in [5.41, 5.74) is -2.20. The van der Waals surface area contributed by atoms with Crippen LogP contribution in [0.4, 0.5) is 13.2 Å². The second-order valence-electron chi connectivity index (χ2n) is 2.94. The van der Waals surface area contributed by atoms with Crippen molar-refractivity contribution in [3.8, 4) is 0 Å². The Bertz CT molecular complexity index is 453. The largest absolute Gasteiger partial charge is 0.461 e. The summed E-state index contributed by atoms with van der Waals surface area (Å²) in [7, 11) is 0. The molecule has 0 saturated heterocycles. The average molecular weight is 361 g/mol. The van der Waals surface area contributed by atoms with E-state index in [-0.39, 0.29) is 22.2 Å². The van der Waals surface area contributed by atoms with Crippen LogP contribution < -0.4 is 0 Å². The van der Waals surface area contributed by atoms with Crippen LogP contribution in [0.5, 0.6) is 0 Å². The number of H-pyrrole nitrogens is 1. The molecular formula is C9H7F3INO3. The van der Waals surface area contributed by atoms with Gasteiger partial charge in [-0.05, 0) is 29.5 Å². The van der Waals surface area contributed by atoms with Gasteiger partial charge in [-0.3, -0.25) is 4.79 Å². The Hall–Kier alpha value is -1.06. The van der Waals surface area contributed by atoms with Gasteiger partial charge in [-0.2, -0.15) is 13.2 Å². The van der Waals surface area contributed by atoms with Crippen LogP contribution in [-0.2, 0) is 10.9 Å². The van der Waals surface area contributed by atoms with Gasteiger partial charge in [0.25, 0.3) is 0 Å². The number of esters is 1. The summed E-state index contributed by atoms with van der Waals surface area (Å²) in [6.07, 6.45) is -4.50. The molecule has 0 radical (unpaired) electrons. The zero-order valence-corrected chi connectivity index (χ0v) is 10.7. The van der Waals surface area contributed by atoms with Crippen LogP contribution in [0.3, 0.4) is 0 Å². The summed E-state index contributed by atoms with van der Waals surface area (Å²) in [6, 6.07) is 0. The van der Waals surface area contributed by atoms with Gasteiger partial charge in [0.05, 0.1) is 15.9 Å². The van der Waals surface area contributed by atoms with Crippen LogP contribution in [0.15, 0.2) is 0 Å². The highest BCUT2D eigenvalue weighted by atomic mass is 127. The molecule has 0 aliphatic heterocycles. The Balaban J connectivity index is 3.39. The predicted molar refractivity (Wildman–Crippen MR) is 59.9 cm³/mol. The number of ether oxygens (including phenoxy) is 1. The summed E-state index contributed by atoms with van der Waals surface area (Å²) in [5.74, 6) is -1.13. The number of nitrogens with one attached hydrogen (secondary N) is 1. The fraction of sp³-hybridized carbons (Fsp3) is 0.333. The zero-order valence-electron chi connectivity index (χ0n) is 8.52. The van der Waals surface area contributed by atoms with Crippen LogP contribution in [0.2, 0.25) is 0 Å². The zero-order chi connectivity index (χ0) is 13.2. The van der Waals surface area contributed by atoms with Crippen LogP contribution in [-0.4, -0.2) is 23.8 Å². The average Bonchev–Trinajstić information content (AvgIpc) is 2.55. The molecule has 1 aromatic rings. The first kappa shape index (κ1) is 14.0. The van der Waals surface area contributed by atoms with E-state index in [9.17, 15) is 22.8 Å². The highest BCUT2D eigenvalue weighted by molar-refractivity contribution is 14.1. The van der Waals surface area contributed by atoms with Crippen molar-refractivity contribution in [2.75, 3.05) is 6.61 Å². The molecule has 0 spiro atoms. The minimum Gasteiger partial charge on any atom is -0.461 e. The molecule has 0 aliphatic rings. The Morgan fingerprint density at radius 3 is 2.53 bits per heavy atom. The molecule has 0 aliphatic carbocycles. The lowest BCUT2D eigenvalue weighted by atomic mass is 10.2. The van der Waals surface area contributed by atoms with Gasteiger partial charge >= 0.3 is 12.1 Å². The molecule has 0 unspecified atom stereocenters. The molecule has 0 amide bonds. The van der Waals surface area contributed by atoms with Crippen molar-refractivity contribution in [2.45, 2.75) is 13.1 Å². The van der Waals surface area contributed by atoms with E-state index in [4.69, 9.17) is 0 Å². The van der Waals surface area contributed by atoms with Crippen molar-refractivity contribution in [3.63, 3.8) is 0 Å². The van der Waals surface area contributed by atoms with Gasteiger partial charge in [0.15, 0.2) is 6.29 Å². The molecule has 0 bridgehead atoms. The van der Waals surface area contributed by atoms with E-state index in [1.807, 2.05) is 0 Å². The second kappa shape index (κ2) is 5.07. The quantitative estimate of drug-likeness (QED) is 0.512. The first-order valence-corrected chi connectivity index (χ1v) is 5.51. The van der Waals surface area contributed by atoms with Crippen LogP contribution in [0.1, 0.15) is 33.5 Å². The molecular weight excluding hydrogens is 354 g/mol. The SMILES string of the molecule is CCOC(=O)c1[nH]c(C=O)c(I)c1C(F)(F)F. The van der Waals surface area contributed by atoms with E-state index < -0.39 is 23.4 Å². The first-order valence-electron chi connectivity index (χ1n) is 4.43. The molecule has 94 valence electrons. The lowest BCUT2D eigenvalue weighted by Gasteiger charge is -2.07. The van der Waals surface area contributed by atoms with Crippen LogP contribution >= 0.6 is 22.6 Å². The Kier molecular flexibility index (Phi) is 4.17. The lowest BCUT2D eigenvalue weighted by molar-refractivity contribution is -0.138. The summed E-state index contributed by atoms with van der Waals surface area (Å²) >= 11 is 1.36. The number of carbonyl (C=O) groups excluding carboxylic acids is 2. The molecule has 17 heavy (non-hydrogen) atoms. The van der Waals surface area contributed by atoms with Gasteiger partial charge in [0.2, 0.25) is 0 Å². The van der Waals surface area contributed by atoms with Gasteiger partial charge in [-0.25, -0.2) is 4.79 Å². The van der Waals surface area contributed by atoms with Crippen LogP contribution in [0, 0.1) is 3.57 Å². The molecule has 0 aromatic carbocycles. The molecule has 0 atom stereocenters. The molecule has 0 fully saturated rings. The summed E-state index contributed by atoms with van der Waals surface area (Å²) in [6.45, 7) is 1.42. The van der Waals surface area contributed by atoms with Crippen molar-refractivity contribution in [1.29, 1.82) is 0 Å². The van der Waals surface area contributed by atoms with Crippen molar-refractivity contribution in [2.24, 2.45) is 0 Å². The summed E-state index contributed by atoms with van der Waals surface area (Å²) in [5, 5.41) is 0. The van der Waals surface area contributed by atoms with E-state index in [1.165, 1.54) is 29.5 Å². The molecule has 1 aromatic heterocycles. The maximum Gasteiger partial charge on any atom is 0.419 e. The monoisotopic (exact) mass is 361 g/mol. The lowest BCUT2D eigenvalue weighted by Crippen LogP contribution is -2.15. The highest BCUT2D eigenvalue weighted by Gasteiger charge is 2.41. The third kappa shape index (κ3) is 2.79. The van der Waals surface area contributed by atoms with Crippen molar-refractivity contribution >= 4 is 34.8 Å². The maximum atomic E-state index is 12.7. The first-order chi connectivity index (χ1) is 7.82. The van der Waals surface area contributed by atoms with Gasteiger partial charge in [-0.15, -0.1) is 0 Å². The topological polar surface area (TPSA) is 59.2 Å². The number of aromatic nitrogens is 1. The van der Waals surface area contributed by atoms with Gasteiger partial charge < -0.3 is 9.72 Å². The van der Waals surface area contributed by atoms with E-state index in [0.29, 0.717) is 0 Å². The van der Waals surface area contributed by atoms with Crippen molar-refractivity contribution < 1.29 is 27.5 Å². The smallest absolute Gasteiger partial charge is 0.419 e. The van der Waals surface area contributed by atoms with E-state index in [1.54, 1.807) is 0 Å². The Morgan fingerprint density at radius 2 is 2.12 bits per heavy atom. The third-order valence-corrected chi connectivity index (χ3v) is 2.97. The van der Waals surface area contributed by atoms with E-state index in [0.717, 1.165) is 0 Å². The predicted octanol–water partition coefficient (Wildman–Crippen LogP) is 2.63. The number of carbonyl (C=O) groups is 2. The van der Waals surface area contributed by atoms with Gasteiger partial charge in [0.1, 0.15) is 11.3 Å². The van der Waals surface area contributed by atoms with Crippen LogP contribution in [0.25, 0.3) is 0 Å². The normalized spacial score (nSPS) is 11.4. The number of alkyl halides is 3. The van der Waals surface area contributed by atoms with Gasteiger partial charge in [-0.1, -0.05) is 0 Å². The Morgan fingerprint density at radius 1 is 1.53 bits per heavy atom. The number of hydrogen-bond acceptors (Lipinski definition) is 3. The van der Waals surface area contributed by atoms with Gasteiger partial charge in [0, 0.05) is 0 Å². The minimum atomic E-state index is -4.73. The highest BCUT2D eigenvalue weighted by Crippen LogP contribution is 2.37. The molecule has 1 heterocycles. The van der Waals surface area contributed by atoms with E-state index in [2.05, 4.69) is 9.72 Å². The molecule has 1 N–H and O–H groups in total. The van der Waals surface area contributed by atoms with Crippen molar-refractivity contribution in [1.82, 2.24) is 4.98 Å². The maximum absolute atomic E-state index is 12.7. The minimum absolute atomic E-state index is 0.0534. The molecule has 1 rings (SSSR count).